The van der Waals surface area contributed by atoms with E-state index in [1.165, 1.54) is 9.78 Å². The number of rotatable bonds is 7. The number of carbonyl (C=O) groups excluding carboxylic acids is 1. The number of nitrogens with one attached hydrogen (secondary N) is 3. The van der Waals surface area contributed by atoms with E-state index in [0.717, 1.165) is 32.7 Å². The lowest BCUT2D eigenvalue weighted by Gasteiger charge is -2.29. The maximum atomic E-state index is 12.5. The molecule has 1 aliphatic rings. The van der Waals surface area contributed by atoms with Gasteiger partial charge in [0, 0.05) is 6.07 Å². The predicted molar refractivity (Wildman–Crippen MR) is 102 cm³/mol. The zero-order valence-electron chi connectivity index (χ0n) is 15.3. The van der Waals surface area contributed by atoms with E-state index < -0.39 is 0 Å². The Morgan fingerprint density at radius 3 is 2.54 bits per heavy atom. The van der Waals surface area contributed by atoms with Gasteiger partial charge < -0.3 is 24.6 Å². The fraction of sp³-hybridized carbons (Fsp3) is 0.421. The molecule has 0 bridgehead atoms. The maximum absolute atomic E-state index is 12.5. The normalized spacial score (nSPS) is 19.8. The van der Waals surface area contributed by atoms with E-state index >= 15 is 0 Å². The average Bonchev–Trinajstić information content (AvgIpc) is 3.16. The van der Waals surface area contributed by atoms with Gasteiger partial charge in [0.05, 0.1) is 24.8 Å². The Balaban J connectivity index is 1.48. The van der Waals surface area contributed by atoms with Crippen LogP contribution in [0, 0.1) is 0 Å². The molecule has 1 aliphatic heterocycles. The summed E-state index contributed by atoms with van der Waals surface area (Å²) in [6.07, 6.45) is 0. The van der Waals surface area contributed by atoms with Crippen molar-refractivity contribution in [3.05, 3.63) is 40.6 Å². The largest absolute Gasteiger partial charge is 0.497 e. The monoisotopic (exact) mass is 377 g/mol. The van der Waals surface area contributed by atoms with Crippen LogP contribution in [0.5, 0.6) is 11.5 Å². The van der Waals surface area contributed by atoms with Crippen LogP contribution in [0.3, 0.4) is 0 Å². The van der Waals surface area contributed by atoms with Crippen molar-refractivity contribution in [2.45, 2.75) is 6.54 Å². The molecule has 1 fully saturated rings. The second kappa shape index (κ2) is 9.02. The summed E-state index contributed by atoms with van der Waals surface area (Å²) in [7, 11) is 3.20. The van der Waals surface area contributed by atoms with Crippen LogP contribution < -0.4 is 24.6 Å². The molecule has 1 aromatic heterocycles. The molecule has 7 heteroatoms. The third-order valence-corrected chi connectivity index (χ3v) is 5.64. The number of ether oxygens (including phenoxy) is 2. The van der Waals surface area contributed by atoms with Crippen LogP contribution in [0.1, 0.15) is 4.88 Å². The minimum atomic E-state index is 0.00765. The van der Waals surface area contributed by atoms with Crippen molar-refractivity contribution in [2.75, 3.05) is 52.3 Å². The second-order valence-corrected chi connectivity index (χ2v) is 7.58. The van der Waals surface area contributed by atoms with E-state index in [0.29, 0.717) is 23.7 Å². The van der Waals surface area contributed by atoms with E-state index in [9.17, 15) is 4.79 Å². The summed E-state index contributed by atoms with van der Waals surface area (Å²) in [4.78, 5) is 16.8. The molecule has 2 heterocycles. The Labute approximate surface area is 158 Å². The lowest BCUT2D eigenvalue weighted by atomic mass is 10.2. The van der Waals surface area contributed by atoms with Crippen LogP contribution in [0.25, 0.3) is 0 Å². The number of methoxy groups -OCH3 is 2. The van der Waals surface area contributed by atoms with Crippen molar-refractivity contribution in [3.63, 3.8) is 0 Å². The summed E-state index contributed by atoms with van der Waals surface area (Å²) in [5.41, 5.74) is 0.651. The molecule has 3 N–H and O–H groups in total. The zero-order chi connectivity index (χ0) is 18.4. The van der Waals surface area contributed by atoms with E-state index in [1.54, 1.807) is 31.3 Å². The van der Waals surface area contributed by atoms with Crippen LogP contribution >= 0.6 is 11.3 Å². The van der Waals surface area contributed by atoms with Crippen molar-refractivity contribution >= 4 is 22.9 Å². The predicted octanol–water partition coefficient (Wildman–Crippen LogP) is -0.313. The summed E-state index contributed by atoms with van der Waals surface area (Å²) < 4.78 is 10.5. The highest BCUT2D eigenvalue weighted by Crippen LogP contribution is 2.28. The summed E-state index contributed by atoms with van der Waals surface area (Å²) in [6, 6.07) is 9.71. The molecule has 2 aromatic rings. The third kappa shape index (κ3) is 4.97. The van der Waals surface area contributed by atoms with E-state index in [4.69, 9.17) is 9.47 Å². The molecule has 0 unspecified atom stereocenters. The van der Waals surface area contributed by atoms with Gasteiger partial charge in [0.1, 0.15) is 44.2 Å². The van der Waals surface area contributed by atoms with Crippen molar-refractivity contribution in [2.24, 2.45) is 0 Å². The van der Waals surface area contributed by atoms with Gasteiger partial charge in [-0.3, -0.25) is 4.79 Å². The number of hydrogen-bond acceptors (Lipinski definition) is 4. The van der Waals surface area contributed by atoms with E-state index in [1.807, 2.05) is 17.4 Å². The van der Waals surface area contributed by atoms with Gasteiger partial charge in [-0.15, -0.1) is 11.3 Å². The van der Waals surface area contributed by atoms with Gasteiger partial charge in [-0.25, -0.2) is 0 Å². The standard InChI is InChI=1S/C19H25N3O3S/c1-24-15-5-6-18(25-2)17(12-15)20-19(23)14-22-9-7-21(8-10-22)13-16-4-3-11-26-16/h3-6,11-12H,7-10,13-14H2,1-2H3,(H,20,23)/p+2. The van der Waals surface area contributed by atoms with Gasteiger partial charge in [0.15, 0.2) is 6.54 Å². The number of carbonyl (C=O) groups is 1. The molecule has 3 rings (SSSR count). The number of piperazine rings is 1. The molecule has 140 valence electrons. The highest BCUT2D eigenvalue weighted by molar-refractivity contribution is 7.09. The van der Waals surface area contributed by atoms with Crippen molar-refractivity contribution < 1.29 is 24.1 Å². The fourth-order valence-corrected chi connectivity index (χ4v) is 4.08. The van der Waals surface area contributed by atoms with Gasteiger partial charge in [-0.1, -0.05) is 6.07 Å². The lowest BCUT2D eigenvalue weighted by Crippen LogP contribution is -3.28. The van der Waals surface area contributed by atoms with E-state index in [-0.39, 0.29) is 5.91 Å². The van der Waals surface area contributed by atoms with Crippen molar-refractivity contribution in [1.82, 2.24) is 0 Å². The SMILES string of the molecule is COc1ccc(OC)c(NC(=O)C[NH+]2CC[NH+](Cc3cccs3)CC2)c1. The highest BCUT2D eigenvalue weighted by Gasteiger charge is 2.25. The number of anilines is 1. The number of hydrogen-bond donors (Lipinski definition) is 3. The first kappa shape index (κ1) is 18.7. The first-order valence-electron chi connectivity index (χ1n) is 8.89. The van der Waals surface area contributed by atoms with Gasteiger partial charge in [0.2, 0.25) is 0 Å². The molecular formula is C19H27N3O3S+2. The summed E-state index contributed by atoms with van der Waals surface area (Å²) in [5.74, 6) is 1.34. The first-order chi connectivity index (χ1) is 12.7. The third-order valence-electron chi connectivity index (χ3n) is 4.76. The first-order valence-corrected chi connectivity index (χ1v) is 9.77. The molecule has 1 amide bonds. The number of thiophene rings is 1. The molecule has 26 heavy (non-hydrogen) atoms. The number of benzene rings is 1. The Morgan fingerprint density at radius 1 is 1.12 bits per heavy atom. The van der Waals surface area contributed by atoms with Crippen molar-refractivity contribution in [1.29, 1.82) is 0 Å². The van der Waals surface area contributed by atoms with Gasteiger partial charge >= 0.3 is 0 Å². The molecule has 0 radical (unpaired) electrons. The minimum Gasteiger partial charge on any atom is -0.497 e. The topological polar surface area (TPSA) is 56.4 Å². The maximum Gasteiger partial charge on any atom is 0.279 e. The molecule has 0 atom stereocenters. The van der Waals surface area contributed by atoms with Crippen LogP contribution in [0.15, 0.2) is 35.7 Å². The highest BCUT2D eigenvalue weighted by atomic mass is 32.1. The van der Waals surface area contributed by atoms with Gasteiger partial charge in [0.25, 0.3) is 5.91 Å². The molecule has 6 nitrogen and oxygen atoms in total. The van der Waals surface area contributed by atoms with Crippen LogP contribution in [-0.4, -0.2) is 52.9 Å². The Morgan fingerprint density at radius 2 is 1.88 bits per heavy atom. The molecule has 0 spiro atoms. The fourth-order valence-electron chi connectivity index (χ4n) is 3.30. The Kier molecular flexibility index (Phi) is 6.49. The van der Waals surface area contributed by atoms with E-state index in [2.05, 4.69) is 22.8 Å². The zero-order valence-corrected chi connectivity index (χ0v) is 16.2. The number of amides is 1. The Bertz CT molecular complexity index is 713. The minimum absolute atomic E-state index is 0.00765. The summed E-state index contributed by atoms with van der Waals surface area (Å²) in [5, 5.41) is 5.09. The van der Waals surface area contributed by atoms with Gasteiger partial charge in [-0.2, -0.15) is 0 Å². The Hall–Kier alpha value is -2.09. The number of quaternary nitrogens is 2. The smallest absolute Gasteiger partial charge is 0.279 e. The summed E-state index contributed by atoms with van der Waals surface area (Å²) >= 11 is 1.82. The molecule has 0 saturated carbocycles. The quantitative estimate of drug-likeness (QED) is 0.620. The average molecular weight is 378 g/mol. The van der Waals surface area contributed by atoms with Crippen LogP contribution in [-0.2, 0) is 11.3 Å². The molecule has 1 aromatic carbocycles. The second-order valence-electron chi connectivity index (χ2n) is 6.55. The molecule has 1 saturated heterocycles. The summed E-state index contributed by atoms with van der Waals surface area (Å²) in [6.45, 7) is 5.81. The molecular weight excluding hydrogens is 350 g/mol. The van der Waals surface area contributed by atoms with Gasteiger partial charge in [-0.05, 0) is 23.6 Å². The van der Waals surface area contributed by atoms with Crippen LogP contribution in [0.4, 0.5) is 5.69 Å². The van der Waals surface area contributed by atoms with Crippen LogP contribution in [0.2, 0.25) is 0 Å². The van der Waals surface area contributed by atoms with Crippen molar-refractivity contribution in [3.8, 4) is 11.5 Å². The lowest BCUT2D eigenvalue weighted by molar-refractivity contribution is -1.01. The molecule has 0 aliphatic carbocycles.